The molecule has 0 spiro atoms. The Kier molecular flexibility index (Phi) is 21.0. The lowest BCUT2D eigenvalue weighted by Gasteiger charge is -2.09. The Labute approximate surface area is 127 Å². The molecule has 4 heteroatoms. The van der Waals surface area contributed by atoms with Gasteiger partial charge in [0.15, 0.2) is 0 Å². The van der Waals surface area contributed by atoms with E-state index in [1.54, 1.807) is 0 Å². The Morgan fingerprint density at radius 2 is 0.750 bits per heavy atom. The molecule has 0 heterocycles. The fourth-order valence-electron chi connectivity index (χ4n) is 0.879. The second-order valence-corrected chi connectivity index (χ2v) is 5.39. The van der Waals surface area contributed by atoms with Crippen molar-refractivity contribution in [3.8, 4) is 0 Å². The lowest BCUT2D eigenvalue weighted by molar-refractivity contribution is -0.0994. The molecule has 0 aromatic carbocycles. The maximum atomic E-state index is 5.27. The van der Waals surface area contributed by atoms with E-state index < -0.39 is 0 Å². The van der Waals surface area contributed by atoms with Crippen molar-refractivity contribution in [2.45, 2.75) is 87.2 Å². The molecule has 0 saturated carbocycles. The van der Waals surface area contributed by atoms with Crippen LogP contribution in [0.15, 0.2) is 0 Å². The van der Waals surface area contributed by atoms with E-state index >= 15 is 0 Å². The van der Waals surface area contributed by atoms with Crippen molar-refractivity contribution < 1.29 is 18.9 Å². The fourth-order valence-corrected chi connectivity index (χ4v) is 0.879. The van der Waals surface area contributed by atoms with E-state index in [2.05, 4.69) is 0 Å². The fraction of sp³-hybridized carbons (Fsp3) is 1.00. The minimum atomic E-state index is 0. The van der Waals surface area contributed by atoms with Crippen molar-refractivity contribution in [1.82, 2.24) is 0 Å². The Bertz CT molecular complexity index is 150. The molecule has 0 radical (unpaired) electrons. The maximum absolute atomic E-state index is 5.27. The van der Waals surface area contributed by atoms with Crippen molar-refractivity contribution in [2.75, 3.05) is 20.0 Å². The quantitative estimate of drug-likeness (QED) is 0.470. The van der Waals surface area contributed by atoms with Crippen LogP contribution in [0.4, 0.5) is 0 Å². The summed E-state index contributed by atoms with van der Waals surface area (Å²) in [5, 5.41) is 0. The second-order valence-electron chi connectivity index (χ2n) is 5.39. The SMILES string of the molecule is C.CC(C)OCCOC(C)C.CC(C)OCOC(C)C. The van der Waals surface area contributed by atoms with Gasteiger partial charge in [0.05, 0.1) is 37.6 Å². The highest BCUT2D eigenvalue weighted by Gasteiger charge is 1.95. The van der Waals surface area contributed by atoms with Crippen molar-refractivity contribution >= 4 is 0 Å². The first kappa shape index (κ1) is 24.8. The van der Waals surface area contributed by atoms with Crippen LogP contribution in [0, 0.1) is 0 Å². The summed E-state index contributed by atoms with van der Waals surface area (Å²) in [4.78, 5) is 0. The van der Waals surface area contributed by atoms with Crippen molar-refractivity contribution in [2.24, 2.45) is 0 Å². The molecule has 126 valence electrons. The van der Waals surface area contributed by atoms with E-state index in [1.165, 1.54) is 0 Å². The lowest BCUT2D eigenvalue weighted by atomic mass is 10.5. The molecule has 0 unspecified atom stereocenters. The summed E-state index contributed by atoms with van der Waals surface area (Å²) in [5.74, 6) is 0. The molecular formula is C16H38O4. The summed E-state index contributed by atoms with van der Waals surface area (Å²) in [6.07, 6.45) is 1.17. The molecule has 0 amide bonds. The van der Waals surface area contributed by atoms with Crippen LogP contribution in [0.3, 0.4) is 0 Å². The molecule has 0 aliphatic carbocycles. The number of ether oxygens (including phenoxy) is 4. The molecule has 0 aromatic heterocycles. The average Bonchev–Trinajstić information content (AvgIpc) is 2.23. The zero-order chi connectivity index (χ0) is 15.3. The third kappa shape index (κ3) is 30.7. The second kappa shape index (κ2) is 16.9. The number of hydrogen-bond acceptors (Lipinski definition) is 4. The molecule has 0 rings (SSSR count). The van der Waals surface area contributed by atoms with Gasteiger partial charge in [-0.25, -0.2) is 0 Å². The molecule has 0 bridgehead atoms. The first-order valence-electron chi connectivity index (χ1n) is 7.22. The Balaban J connectivity index is -0.000000277. The molecule has 0 saturated heterocycles. The third-order valence-electron chi connectivity index (χ3n) is 1.79. The number of hydrogen-bond donors (Lipinski definition) is 0. The van der Waals surface area contributed by atoms with Crippen LogP contribution in [-0.2, 0) is 18.9 Å². The van der Waals surface area contributed by atoms with Crippen molar-refractivity contribution in [3.63, 3.8) is 0 Å². The Morgan fingerprint density at radius 3 is 0.950 bits per heavy atom. The third-order valence-corrected chi connectivity index (χ3v) is 1.79. The highest BCUT2D eigenvalue weighted by Crippen LogP contribution is 1.92. The summed E-state index contributed by atoms with van der Waals surface area (Å²) < 4.78 is 20.8. The monoisotopic (exact) mass is 294 g/mol. The largest absolute Gasteiger partial charge is 0.376 e. The van der Waals surface area contributed by atoms with E-state index in [0.29, 0.717) is 32.2 Å². The van der Waals surface area contributed by atoms with Crippen molar-refractivity contribution in [3.05, 3.63) is 0 Å². The standard InChI is InChI=1S/C8H18O2.C7H16O2.CH4/c1-7(2)9-5-6-10-8(3)4;1-6(2)8-5-9-7(3)4;/h7-8H,5-6H2,1-4H3;6-7H,5H2,1-4H3;1H4. The zero-order valence-corrected chi connectivity index (χ0v) is 14.1. The molecular weight excluding hydrogens is 256 g/mol. The first-order valence-corrected chi connectivity index (χ1v) is 7.22. The van der Waals surface area contributed by atoms with E-state index in [0.717, 1.165) is 0 Å². The Hall–Kier alpha value is -0.160. The highest BCUT2D eigenvalue weighted by molar-refractivity contribution is 4.39. The van der Waals surface area contributed by atoms with Gasteiger partial charge in [-0.3, -0.25) is 0 Å². The predicted molar refractivity (Wildman–Crippen MR) is 86.2 cm³/mol. The van der Waals surface area contributed by atoms with E-state index in [-0.39, 0.29) is 19.6 Å². The first-order chi connectivity index (χ1) is 8.75. The molecule has 4 nitrogen and oxygen atoms in total. The molecule has 0 aromatic rings. The normalized spacial score (nSPS) is 10.8. The van der Waals surface area contributed by atoms with E-state index in [4.69, 9.17) is 18.9 Å². The van der Waals surface area contributed by atoms with Crippen LogP contribution < -0.4 is 0 Å². The van der Waals surface area contributed by atoms with Crippen LogP contribution in [0.1, 0.15) is 62.8 Å². The zero-order valence-electron chi connectivity index (χ0n) is 14.1. The van der Waals surface area contributed by atoms with Gasteiger partial charge < -0.3 is 18.9 Å². The summed E-state index contributed by atoms with van der Waals surface area (Å²) in [6.45, 7) is 17.9. The minimum Gasteiger partial charge on any atom is -0.376 e. The van der Waals surface area contributed by atoms with Gasteiger partial charge in [0.1, 0.15) is 6.79 Å². The van der Waals surface area contributed by atoms with Crippen molar-refractivity contribution in [1.29, 1.82) is 0 Å². The van der Waals surface area contributed by atoms with Gasteiger partial charge in [-0.15, -0.1) is 0 Å². The van der Waals surface area contributed by atoms with Gasteiger partial charge in [0.2, 0.25) is 0 Å². The molecule has 0 aliphatic heterocycles. The van der Waals surface area contributed by atoms with E-state index in [9.17, 15) is 0 Å². The minimum absolute atomic E-state index is 0. The average molecular weight is 294 g/mol. The topological polar surface area (TPSA) is 36.9 Å². The smallest absolute Gasteiger partial charge is 0.147 e. The van der Waals surface area contributed by atoms with Crippen LogP contribution in [0.5, 0.6) is 0 Å². The van der Waals surface area contributed by atoms with Crippen LogP contribution in [0.25, 0.3) is 0 Å². The lowest BCUT2D eigenvalue weighted by Crippen LogP contribution is -2.12. The summed E-state index contributed by atoms with van der Waals surface area (Å²) >= 11 is 0. The molecule has 0 N–H and O–H groups in total. The molecule has 0 aliphatic rings. The summed E-state index contributed by atoms with van der Waals surface area (Å²) in [5.41, 5.74) is 0. The van der Waals surface area contributed by atoms with Crippen LogP contribution >= 0.6 is 0 Å². The van der Waals surface area contributed by atoms with Crippen LogP contribution in [0.2, 0.25) is 0 Å². The number of rotatable bonds is 9. The highest BCUT2D eigenvalue weighted by atomic mass is 16.7. The molecule has 20 heavy (non-hydrogen) atoms. The van der Waals surface area contributed by atoms with Crippen LogP contribution in [-0.4, -0.2) is 44.4 Å². The van der Waals surface area contributed by atoms with Gasteiger partial charge in [-0.2, -0.15) is 0 Å². The van der Waals surface area contributed by atoms with Gasteiger partial charge in [-0.1, -0.05) is 7.43 Å². The van der Waals surface area contributed by atoms with Gasteiger partial charge >= 0.3 is 0 Å². The summed E-state index contributed by atoms with van der Waals surface area (Å²) in [6, 6.07) is 0. The van der Waals surface area contributed by atoms with E-state index in [1.807, 2.05) is 55.4 Å². The van der Waals surface area contributed by atoms with Gasteiger partial charge in [0, 0.05) is 0 Å². The Morgan fingerprint density at radius 1 is 0.500 bits per heavy atom. The maximum Gasteiger partial charge on any atom is 0.147 e. The van der Waals surface area contributed by atoms with Gasteiger partial charge in [-0.05, 0) is 55.4 Å². The molecule has 0 fully saturated rings. The van der Waals surface area contributed by atoms with Gasteiger partial charge in [0.25, 0.3) is 0 Å². The molecule has 0 atom stereocenters. The predicted octanol–water partition coefficient (Wildman–Crippen LogP) is 4.27. The summed E-state index contributed by atoms with van der Waals surface area (Å²) in [7, 11) is 0.